The summed E-state index contributed by atoms with van der Waals surface area (Å²) in [6.45, 7) is 7.49. The van der Waals surface area contributed by atoms with Crippen molar-refractivity contribution >= 4 is 6.03 Å². The van der Waals surface area contributed by atoms with Crippen molar-refractivity contribution in [1.82, 2.24) is 10.6 Å². The highest BCUT2D eigenvalue weighted by Gasteiger charge is 2.47. The molecule has 3 unspecified atom stereocenters. The molecule has 2 aliphatic heterocycles. The van der Waals surface area contributed by atoms with Crippen molar-refractivity contribution in [3.63, 3.8) is 0 Å². The van der Waals surface area contributed by atoms with Crippen molar-refractivity contribution in [2.45, 2.75) is 58.1 Å². The lowest BCUT2D eigenvalue weighted by Gasteiger charge is -2.39. The molecule has 0 saturated carbocycles. The summed E-state index contributed by atoms with van der Waals surface area (Å²) in [5.41, 5.74) is 2.74. The molecule has 5 nitrogen and oxygen atoms in total. The van der Waals surface area contributed by atoms with Crippen LogP contribution in [0.15, 0.2) is 24.3 Å². The second kappa shape index (κ2) is 8.42. The fourth-order valence-electron chi connectivity index (χ4n) is 5.49. The Hall–Kier alpha value is -1.59. The molecule has 1 aromatic carbocycles. The highest BCUT2D eigenvalue weighted by Crippen LogP contribution is 2.51. The second-order valence-electron chi connectivity index (χ2n) is 9.12. The van der Waals surface area contributed by atoms with E-state index in [0.29, 0.717) is 18.4 Å². The van der Waals surface area contributed by atoms with Crippen molar-refractivity contribution < 1.29 is 14.3 Å². The zero-order valence-corrected chi connectivity index (χ0v) is 17.2. The first-order valence-electron chi connectivity index (χ1n) is 10.9. The van der Waals surface area contributed by atoms with E-state index in [-0.39, 0.29) is 23.6 Å². The van der Waals surface area contributed by atoms with Gasteiger partial charge in [0.2, 0.25) is 0 Å². The standard InChI is InChI=1S/C23H34N2O3/c1-16(2)20-18(7-5-11-28-20)15-24-22(26)25-21-19-8-4-3-6-17(19)14-23(21)9-12-27-13-10-23/h3-4,6,8,16,18,20-21H,5,7,9-15H2,1-2H3,(H2,24,25,26). The molecular weight excluding hydrogens is 352 g/mol. The lowest BCUT2D eigenvalue weighted by atomic mass is 9.74. The van der Waals surface area contributed by atoms with Crippen LogP contribution in [0.2, 0.25) is 0 Å². The summed E-state index contributed by atoms with van der Waals surface area (Å²) in [5, 5.41) is 6.49. The summed E-state index contributed by atoms with van der Waals surface area (Å²) in [4.78, 5) is 12.9. The fourth-order valence-corrected chi connectivity index (χ4v) is 5.49. The molecule has 2 saturated heterocycles. The molecular formula is C23H34N2O3. The van der Waals surface area contributed by atoms with Crippen molar-refractivity contribution in [3.8, 4) is 0 Å². The van der Waals surface area contributed by atoms with Crippen molar-refractivity contribution in [2.75, 3.05) is 26.4 Å². The molecule has 0 bridgehead atoms. The number of hydrogen-bond acceptors (Lipinski definition) is 3. The largest absolute Gasteiger partial charge is 0.381 e. The molecule has 0 radical (unpaired) electrons. The molecule has 154 valence electrons. The predicted octanol–water partition coefficient (Wildman–Crippen LogP) is 3.83. The monoisotopic (exact) mass is 386 g/mol. The lowest BCUT2D eigenvalue weighted by molar-refractivity contribution is -0.0508. The molecule has 5 heteroatoms. The lowest BCUT2D eigenvalue weighted by Crippen LogP contribution is -2.48. The Balaban J connectivity index is 1.42. The number of rotatable bonds is 4. The molecule has 4 rings (SSSR count). The van der Waals surface area contributed by atoms with E-state index in [1.807, 2.05) is 0 Å². The zero-order chi connectivity index (χ0) is 19.6. The Morgan fingerprint density at radius 2 is 2.00 bits per heavy atom. The second-order valence-corrected chi connectivity index (χ2v) is 9.12. The van der Waals surface area contributed by atoms with Gasteiger partial charge in [0.05, 0.1) is 12.1 Å². The van der Waals surface area contributed by atoms with Crippen molar-refractivity contribution in [3.05, 3.63) is 35.4 Å². The number of fused-ring (bicyclic) bond motifs is 1. The average molecular weight is 387 g/mol. The summed E-state index contributed by atoms with van der Waals surface area (Å²) in [5.74, 6) is 0.870. The third kappa shape index (κ3) is 3.92. The Kier molecular flexibility index (Phi) is 5.93. The van der Waals surface area contributed by atoms with E-state index in [4.69, 9.17) is 9.47 Å². The van der Waals surface area contributed by atoms with Gasteiger partial charge < -0.3 is 20.1 Å². The third-order valence-electron chi connectivity index (χ3n) is 6.96. The number of carbonyl (C=O) groups is 1. The highest BCUT2D eigenvalue weighted by atomic mass is 16.5. The number of ether oxygens (including phenoxy) is 2. The molecule has 3 atom stereocenters. The molecule has 3 aliphatic rings. The maximum atomic E-state index is 12.9. The molecule has 1 aliphatic carbocycles. The molecule has 1 spiro atoms. The van der Waals surface area contributed by atoms with Gasteiger partial charge in [0.25, 0.3) is 0 Å². The molecule has 28 heavy (non-hydrogen) atoms. The van der Waals surface area contributed by atoms with Gasteiger partial charge in [0, 0.05) is 37.7 Å². The normalized spacial score (nSPS) is 28.9. The van der Waals surface area contributed by atoms with E-state index < -0.39 is 0 Å². The predicted molar refractivity (Wildman–Crippen MR) is 109 cm³/mol. The quantitative estimate of drug-likeness (QED) is 0.827. The van der Waals surface area contributed by atoms with Gasteiger partial charge in [-0.15, -0.1) is 0 Å². The Morgan fingerprint density at radius 3 is 2.79 bits per heavy atom. The number of amides is 2. The number of nitrogens with one attached hydrogen (secondary N) is 2. The van der Waals surface area contributed by atoms with Crippen LogP contribution in [0.3, 0.4) is 0 Å². The van der Waals surface area contributed by atoms with Crippen LogP contribution >= 0.6 is 0 Å². The van der Waals surface area contributed by atoms with Gasteiger partial charge in [-0.2, -0.15) is 0 Å². The van der Waals surface area contributed by atoms with E-state index in [1.165, 1.54) is 11.1 Å². The highest BCUT2D eigenvalue weighted by molar-refractivity contribution is 5.75. The third-order valence-corrected chi connectivity index (χ3v) is 6.96. The van der Waals surface area contributed by atoms with Crippen LogP contribution in [0.4, 0.5) is 4.79 Å². The number of urea groups is 1. The minimum atomic E-state index is -0.0550. The molecule has 1 aromatic rings. The minimum absolute atomic E-state index is 0.0550. The van der Waals surface area contributed by atoms with Crippen LogP contribution in [0.1, 0.15) is 56.7 Å². The molecule has 2 N–H and O–H groups in total. The minimum Gasteiger partial charge on any atom is -0.381 e. The first kappa shape index (κ1) is 19.7. The molecule has 2 amide bonds. The summed E-state index contributed by atoms with van der Waals surface area (Å²) in [6.07, 6.45) is 5.47. The first-order chi connectivity index (χ1) is 13.6. The summed E-state index contributed by atoms with van der Waals surface area (Å²) < 4.78 is 11.6. The SMILES string of the molecule is CC(C)C1OCCCC1CNC(=O)NC1c2ccccc2CC12CCOCC2. The van der Waals surface area contributed by atoms with Crippen LogP contribution in [-0.2, 0) is 15.9 Å². The molecule has 2 fully saturated rings. The van der Waals surface area contributed by atoms with Gasteiger partial charge in [-0.05, 0) is 49.1 Å². The first-order valence-corrected chi connectivity index (χ1v) is 10.9. The van der Waals surface area contributed by atoms with E-state index >= 15 is 0 Å². The van der Waals surface area contributed by atoms with Gasteiger partial charge >= 0.3 is 6.03 Å². The van der Waals surface area contributed by atoms with Gasteiger partial charge in [-0.25, -0.2) is 4.79 Å². The van der Waals surface area contributed by atoms with Crippen molar-refractivity contribution in [2.24, 2.45) is 17.3 Å². The summed E-state index contributed by atoms with van der Waals surface area (Å²) in [6, 6.07) is 8.57. The Bertz CT molecular complexity index is 684. The maximum Gasteiger partial charge on any atom is 0.315 e. The van der Waals surface area contributed by atoms with Crippen LogP contribution < -0.4 is 10.6 Å². The van der Waals surface area contributed by atoms with E-state index in [1.54, 1.807) is 0 Å². The van der Waals surface area contributed by atoms with E-state index in [9.17, 15) is 4.79 Å². The number of hydrogen-bond donors (Lipinski definition) is 2. The van der Waals surface area contributed by atoms with Gasteiger partial charge in [-0.3, -0.25) is 0 Å². The number of benzene rings is 1. The maximum absolute atomic E-state index is 12.9. The van der Waals surface area contributed by atoms with Crippen LogP contribution in [0.5, 0.6) is 0 Å². The van der Waals surface area contributed by atoms with Crippen LogP contribution in [0, 0.1) is 17.3 Å². The number of carbonyl (C=O) groups excluding carboxylic acids is 1. The Morgan fingerprint density at radius 1 is 1.21 bits per heavy atom. The van der Waals surface area contributed by atoms with E-state index in [0.717, 1.165) is 51.9 Å². The average Bonchev–Trinajstić information content (AvgIpc) is 2.99. The van der Waals surface area contributed by atoms with Crippen LogP contribution in [-0.4, -0.2) is 38.5 Å². The molecule has 0 aromatic heterocycles. The van der Waals surface area contributed by atoms with Crippen molar-refractivity contribution in [1.29, 1.82) is 0 Å². The van der Waals surface area contributed by atoms with E-state index in [2.05, 4.69) is 48.7 Å². The van der Waals surface area contributed by atoms with Gasteiger partial charge in [0.15, 0.2) is 0 Å². The fraction of sp³-hybridized carbons (Fsp3) is 0.696. The summed E-state index contributed by atoms with van der Waals surface area (Å²) in [7, 11) is 0. The van der Waals surface area contributed by atoms with Crippen LogP contribution in [0.25, 0.3) is 0 Å². The zero-order valence-electron chi connectivity index (χ0n) is 17.2. The van der Waals surface area contributed by atoms with Gasteiger partial charge in [-0.1, -0.05) is 38.1 Å². The smallest absolute Gasteiger partial charge is 0.315 e. The van der Waals surface area contributed by atoms with Gasteiger partial charge in [0.1, 0.15) is 0 Å². The molecule has 2 heterocycles. The Labute approximate surface area is 168 Å². The summed E-state index contributed by atoms with van der Waals surface area (Å²) >= 11 is 0. The topological polar surface area (TPSA) is 59.6 Å².